The SMILES string of the molecule is CC(C)(C)c1cc(C=Nc2ccccc2B(c2ccccc2)c2ccccc2)c(O)c(C(C)(C)C)c1. The number of hydrogen-bond donors (Lipinski definition) is 1. The molecule has 0 aliphatic carbocycles. The van der Waals surface area contributed by atoms with E-state index in [1.54, 1.807) is 0 Å². The Bertz CT molecular complexity index is 1310. The molecule has 0 amide bonds. The summed E-state index contributed by atoms with van der Waals surface area (Å²) in [6.07, 6.45) is 1.83. The van der Waals surface area contributed by atoms with Crippen LogP contribution in [0.15, 0.2) is 102 Å². The Hall–Kier alpha value is -3.59. The van der Waals surface area contributed by atoms with Gasteiger partial charge in [-0.3, -0.25) is 4.99 Å². The van der Waals surface area contributed by atoms with Crippen molar-refractivity contribution in [1.29, 1.82) is 0 Å². The fraction of sp³-hybridized carbons (Fsp3) is 0.242. The minimum absolute atomic E-state index is 0.0418. The summed E-state index contributed by atoms with van der Waals surface area (Å²) in [5.74, 6) is 0.305. The summed E-state index contributed by atoms with van der Waals surface area (Å²) in [7, 11) is 0. The van der Waals surface area contributed by atoms with Crippen LogP contribution in [-0.4, -0.2) is 18.0 Å². The molecule has 0 atom stereocenters. The lowest BCUT2D eigenvalue weighted by molar-refractivity contribution is 0.444. The summed E-state index contributed by atoms with van der Waals surface area (Å²) < 4.78 is 0. The molecule has 182 valence electrons. The number of aliphatic imine (C=N–C) groups is 1. The van der Waals surface area contributed by atoms with Gasteiger partial charge in [-0.2, -0.15) is 0 Å². The first-order valence-corrected chi connectivity index (χ1v) is 12.7. The molecule has 0 aliphatic rings. The van der Waals surface area contributed by atoms with Crippen LogP contribution < -0.4 is 16.4 Å². The third-order valence-corrected chi connectivity index (χ3v) is 6.67. The third-order valence-electron chi connectivity index (χ3n) is 6.67. The molecule has 36 heavy (non-hydrogen) atoms. The van der Waals surface area contributed by atoms with Gasteiger partial charge in [0.25, 0.3) is 0 Å². The fourth-order valence-corrected chi connectivity index (χ4v) is 4.59. The topological polar surface area (TPSA) is 32.6 Å². The fourth-order valence-electron chi connectivity index (χ4n) is 4.59. The van der Waals surface area contributed by atoms with E-state index in [-0.39, 0.29) is 17.5 Å². The molecule has 0 heterocycles. The lowest BCUT2D eigenvalue weighted by Gasteiger charge is -2.27. The van der Waals surface area contributed by atoms with Crippen molar-refractivity contribution in [1.82, 2.24) is 0 Å². The van der Waals surface area contributed by atoms with Crippen molar-refractivity contribution in [2.24, 2.45) is 4.99 Å². The second kappa shape index (κ2) is 10.2. The highest BCUT2D eigenvalue weighted by Crippen LogP contribution is 2.37. The first-order chi connectivity index (χ1) is 17.1. The smallest absolute Gasteiger partial charge is 0.243 e. The molecule has 4 aromatic rings. The van der Waals surface area contributed by atoms with E-state index in [4.69, 9.17) is 4.99 Å². The predicted molar refractivity (Wildman–Crippen MR) is 157 cm³/mol. The highest BCUT2D eigenvalue weighted by Gasteiger charge is 2.26. The lowest BCUT2D eigenvalue weighted by atomic mass is 9.36. The van der Waals surface area contributed by atoms with Gasteiger partial charge in [-0.15, -0.1) is 0 Å². The Morgan fingerprint density at radius 1 is 0.667 bits per heavy atom. The van der Waals surface area contributed by atoms with E-state index >= 15 is 0 Å². The van der Waals surface area contributed by atoms with Crippen LogP contribution in [0.3, 0.4) is 0 Å². The van der Waals surface area contributed by atoms with E-state index in [0.717, 1.165) is 22.3 Å². The van der Waals surface area contributed by atoms with Crippen LogP contribution in [0.1, 0.15) is 58.2 Å². The number of aromatic hydroxyl groups is 1. The molecular formula is C33H36BNO. The van der Waals surface area contributed by atoms with Gasteiger partial charge in [0.2, 0.25) is 6.71 Å². The average molecular weight is 473 g/mol. The first kappa shape index (κ1) is 25.5. The minimum Gasteiger partial charge on any atom is -0.507 e. The van der Waals surface area contributed by atoms with E-state index in [1.165, 1.54) is 16.5 Å². The minimum atomic E-state index is -0.183. The molecule has 4 aromatic carbocycles. The third kappa shape index (κ3) is 5.62. The van der Waals surface area contributed by atoms with Crippen molar-refractivity contribution in [3.63, 3.8) is 0 Å². The van der Waals surface area contributed by atoms with Gasteiger partial charge in [0, 0.05) is 17.3 Å². The predicted octanol–water partition coefficient (Wildman–Crippen LogP) is 6.25. The summed E-state index contributed by atoms with van der Waals surface area (Å²) in [5.41, 5.74) is 7.12. The molecule has 1 N–H and O–H groups in total. The second-order valence-corrected chi connectivity index (χ2v) is 11.5. The number of phenols is 1. The van der Waals surface area contributed by atoms with Crippen molar-refractivity contribution in [3.8, 4) is 5.75 Å². The number of para-hydroxylation sites is 1. The number of rotatable bonds is 5. The highest BCUT2D eigenvalue weighted by molar-refractivity contribution is 6.96. The number of phenolic OH excluding ortho intramolecular Hbond substituents is 1. The Morgan fingerprint density at radius 3 is 1.72 bits per heavy atom. The molecule has 3 heteroatoms. The molecule has 4 rings (SSSR count). The van der Waals surface area contributed by atoms with E-state index in [0.29, 0.717) is 5.75 Å². The Kier molecular flexibility index (Phi) is 7.22. The van der Waals surface area contributed by atoms with Gasteiger partial charge in [-0.05, 0) is 34.0 Å². The van der Waals surface area contributed by atoms with Gasteiger partial charge in [0.05, 0.1) is 5.69 Å². The Balaban J connectivity index is 1.85. The van der Waals surface area contributed by atoms with Crippen LogP contribution in [0.25, 0.3) is 0 Å². The molecule has 0 fully saturated rings. The maximum atomic E-state index is 11.2. The molecule has 2 nitrogen and oxygen atoms in total. The normalized spacial score (nSPS) is 12.2. The molecule has 0 aromatic heterocycles. The van der Waals surface area contributed by atoms with E-state index in [2.05, 4.69) is 120 Å². The number of hydrogen-bond acceptors (Lipinski definition) is 2. The van der Waals surface area contributed by atoms with Crippen molar-refractivity contribution in [2.45, 2.75) is 52.4 Å². The van der Waals surface area contributed by atoms with E-state index in [1.807, 2.05) is 24.4 Å². The first-order valence-electron chi connectivity index (χ1n) is 12.7. The summed E-state index contributed by atoms with van der Waals surface area (Å²) in [4.78, 5) is 4.97. The van der Waals surface area contributed by atoms with E-state index in [9.17, 15) is 5.11 Å². The van der Waals surface area contributed by atoms with Crippen LogP contribution in [0, 0.1) is 0 Å². The average Bonchev–Trinajstić information content (AvgIpc) is 2.84. The van der Waals surface area contributed by atoms with Crippen LogP contribution >= 0.6 is 0 Å². The van der Waals surface area contributed by atoms with Gasteiger partial charge < -0.3 is 5.11 Å². The van der Waals surface area contributed by atoms with Gasteiger partial charge >= 0.3 is 0 Å². The number of nitrogens with zero attached hydrogens (tertiary/aromatic N) is 1. The van der Waals surface area contributed by atoms with Gasteiger partial charge in [-0.25, -0.2) is 0 Å². The molecule has 0 bridgehead atoms. The zero-order valence-electron chi connectivity index (χ0n) is 22.3. The second-order valence-electron chi connectivity index (χ2n) is 11.5. The Labute approximate surface area is 216 Å². The molecular weight excluding hydrogens is 437 g/mol. The zero-order chi connectivity index (χ0) is 25.9. The van der Waals surface area contributed by atoms with Crippen LogP contribution in [0.5, 0.6) is 5.75 Å². The summed E-state index contributed by atoms with van der Waals surface area (Å²) >= 11 is 0. The quantitative estimate of drug-likeness (QED) is 0.270. The molecule has 0 aliphatic heterocycles. The largest absolute Gasteiger partial charge is 0.507 e. The van der Waals surface area contributed by atoms with Crippen LogP contribution in [-0.2, 0) is 10.8 Å². The molecule has 0 spiro atoms. The maximum absolute atomic E-state index is 11.2. The van der Waals surface area contributed by atoms with Gasteiger partial charge in [0.15, 0.2) is 0 Å². The molecule has 0 unspecified atom stereocenters. The summed E-state index contributed by atoms with van der Waals surface area (Å²) in [6.45, 7) is 13.1. The monoisotopic (exact) mass is 473 g/mol. The van der Waals surface area contributed by atoms with Crippen molar-refractivity contribution >= 4 is 35.0 Å². The lowest BCUT2D eigenvalue weighted by Crippen LogP contribution is -2.52. The molecule has 0 saturated heterocycles. The van der Waals surface area contributed by atoms with Crippen molar-refractivity contribution in [2.75, 3.05) is 0 Å². The van der Waals surface area contributed by atoms with Crippen LogP contribution in [0.2, 0.25) is 0 Å². The van der Waals surface area contributed by atoms with Crippen molar-refractivity contribution in [3.05, 3.63) is 114 Å². The van der Waals surface area contributed by atoms with Crippen molar-refractivity contribution < 1.29 is 5.11 Å². The zero-order valence-corrected chi connectivity index (χ0v) is 22.3. The number of benzene rings is 4. The van der Waals surface area contributed by atoms with Gasteiger partial charge in [-0.1, -0.05) is 137 Å². The Morgan fingerprint density at radius 2 is 1.19 bits per heavy atom. The highest BCUT2D eigenvalue weighted by atomic mass is 16.3. The molecule has 0 saturated carbocycles. The summed E-state index contributed by atoms with van der Waals surface area (Å²) in [5, 5.41) is 11.2. The summed E-state index contributed by atoms with van der Waals surface area (Å²) in [6, 6.07) is 33.6. The standard InChI is InChI=1S/C33H36BNO/c1-32(2,3)25-21-24(31(36)28(22-25)33(4,5)6)23-35-30-20-14-13-19-29(30)34(26-15-9-7-10-16-26)27-17-11-8-12-18-27/h7-23,36H,1-6H3. The van der Waals surface area contributed by atoms with Crippen LogP contribution in [0.4, 0.5) is 5.69 Å². The maximum Gasteiger partial charge on any atom is 0.243 e. The van der Waals surface area contributed by atoms with Gasteiger partial charge in [0.1, 0.15) is 5.75 Å². The molecule has 0 radical (unpaired) electrons. The van der Waals surface area contributed by atoms with E-state index < -0.39 is 0 Å².